The molecule has 2 aromatic rings. The first-order valence-corrected chi connectivity index (χ1v) is 5.56. The van der Waals surface area contributed by atoms with E-state index in [1.165, 1.54) is 18.5 Å². The quantitative estimate of drug-likeness (QED) is 0.467. The molecule has 0 bridgehead atoms. The maximum atomic E-state index is 10.8. The molecular formula is C8H9N7O2S. The van der Waals surface area contributed by atoms with Gasteiger partial charge in [0.1, 0.15) is 17.2 Å². The van der Waals surface area contributed by atoms with Crippen molar-refractivity contribution < 1.29 is 4.92 Å². The number of hydrogen-bond acceptors (Lipinski definition) is 8. The van der Waals surface area contributed by atoms with Crippen molar-refractivity contribution in [3.05, 3.63) is 28.6 Å². The fraction of sp³-hybridized carbons (Fsp3) is 0.125. The van der Waals surface area contributed by atoms with Gasteiger partial charge in [-0.1, -0.05) is 0 Å². The summed E-state index contributed by atoms with van der Waals surface area (Å²) in [6.45, 7) is 0. The number of pyridine rings is 1. The highest BCUT2D eigenvalue weighted by molar-refractivity contribution is 7.99. The van der Waals surface area contributed by atoms with Crippen LogP contribution in [0.4, 0.5) is 11.5 Å². The van der Waals surface area contributed by atoms with Gasteiger partial charge in [-0.2, -0.15) is 0 Å². The van der Waals surface area contributed by atoms with E-state index >= 15 is 0 Å². The maximum absolute atomic E-state index is 10.8. The molecule has 10 heteroatoms. The molecule has 0 atom stereocenters. The average Bonchev–Trinajstić information content (AvgIpc) is 2.74. The Bertz CT molecular complexity index is 585. The predicted octanol–water partition coefficient (Wildman–Crippen LogP) is 0.555. The predicted molar refractivity (Wildman–Crippen MR) is 63.8 cm³/mol. The summed E-state index contributed by atoms with van der Waals surface area (Å²) in [6, 6.07) is 2.60. The lowest BCUT2D eigenvalue weighted by Crippen LogP contribution is -2.09. The van der Waals surface area contributed by atoms with Crippen molar-refractivity contribution >= 4 is 23.3 Å². The number of nitrogens with two attached hydrogens (primary N) is 1. The van der Waals surface area contributed by atoms with Crippen molar-refractivity contribution in [2.75, 3.05) is 5.43 Å². The van der Waals surface area contributed by atoms with Gasteiger partial charge in [0.15, 0.2) is 5.16 Å². The van der Waals surface area contributed by atoms with Gasteiger partial charge in [-0.25, -0.2) is 10.8 Å². The molecule has 2 heterocycles. The molecule has 0 saturated carbocycles. The van der Waals surface area contributed by atoms with Gasteiger partial charge in [-0.05, 0) is 11.8 Å². The third-order valence-electron chi connectivity index (χ3n) is 2.01. The minimum atomic E-state index is -0.511. The van der Waals surface area contributed by atoms with E-state index in [1.54, 1.807) is 11.6 Å². The van der Waals surface area contributed by atoms with E-state index in [9.17, 15) is 10.1 Å². The molecule has 0 amide bonds. The molecule has 2 aromatic heterocycles. The average molecular weight is 267 g/mol. The minimum Gasteiger partial charge on any atom is -0.311 e. The molecule has 0 radical (unpaired) electrons. The van der Waals surface area contributed by atoms with E-state index in [4.69, 9.17) is 5.84 Å². The molecule has 0 unspecified atom stereocenters. The van der Waals surface area contributed by atoms with Crippen molar-refractivity contribution in [1.29, 1.82) is 0 Å². The fourth-order valence-electron chi connectivity index (χ4n) is 1.18. The second-order valence-electron chi connectivity index (χ2n) is 3.28. The van der Waals surface area contributed by atoms with Crippen LogP contribution >= 0.6 is 11.8 Å². The van der Waals surface area contributed by atoms with Crippen LogP contribution in [0.3, 0.4) is 0 Å². The van der Waals surface area contributed by atoms with Crippen LogP contribution in [0.25, 0.3) is 0 Å². The highest BCUT2D eigenvalue weighted by atomic mass is 32.2. The zero-order valence-electron chi connectivity index (χ0n) is 9.27. The van der Waals surface area contributed by atoms with Crippen molar-refractivity contribution in [1.82, 2.24) is 19.7 Å². The monoisotopic (exact) mass is 267 g/mol. The Morgan fingerprint density at radius 3 is 2.89 bits per heavy atom. The highest BCUT2D eigenvalue weighted by Crippen LogP contribution is 2.28. The molecule has 0 aliphatic heterocycles. The van der Waals surface area contributed by atoms with E-state index in [0.717, 1.165) is 11.8 Å². The third-order valence-corrected chi connectivity index (χ3v) is 2.98. The van der Waals surface area contributed by atoms with Crippen molar-refractivity contribution in [2.45, 2.75) is 10.2 Å². The first-order chi connectivity index (χ1) is 8.60. The van der Waals surface area contributed by atoms with Crippen LogP contribution in [0.15, 0.2) is 28.6 Å². The highest BCUT2D eigenvalue weighted by Gasteiger charge is 2.13. The first-order valence-electron chi connectivity index (χ1n) is 4.75. The van der Waals surface area contributed by atoms with Gasteiger partial charge in [-0.3, -0.25) is 10.1 Å². The molecule has 3 N–H and O–H groups in total. The molecular weight excluding hydrogens is 258 g/mol. The van der Waals surface area contributed by atoms with Crippen LogP contribution in [-0.4, -0.2) is 24.7 Å². The van der Waals surface area contributed by atoms with Gasteiger partial charge < -0.3 is 9.99 Å². The van der Waals surface area contributed by atoms with Gasteiger partial charge in [0.05, 0.1) is 11.0 Å². The summed E-state index contributed by atoms with van der Waals surface area (Å²) in [5.41, 5.74) is 2.19. The Morgan fingerprint density at radius 1 is 1.56 bits per heavy atom. The lowest BCUT2D eigenvalue weighted by Gasteiger charge is -2.03. The van der Waals surface area contributed by atoms with Crippen molar-refractivity contribution in [3.8, 4) is 0 Å². The topological polar surface area (TPSA) is 125 Å². The fourth-order valence-corrected chi connectivity index (χ4v) is 1.97. The van der Waals surface area contributed by atoms with E-state index in [1.807, 2.05) is 0 Å². The summed E-state index contributed by atoms with van der Waals surface area (Å²) in [5.74, 6) is 5.43. The molecule has 0 aromatic carbocycles. The minimum absolute atomic E-state index is 0.0948. The van der Waals surface area contributed by atoms with Crippen molar-refractivity contribution in [2.24, 2.45) is 12.9 Å². The van der Waals surface area contributed by atoms with Gasteiger partial charge in [-0.15, -0.1) is 10.2 Å². The summed E-state index contributed by atoms with van der Waals surface area (Å²) >= 11 is 1.16. The number of hydrogen-bond donors (Lipinski definition) is 2. The van der Waals surface area contributed by atoms with Gasteiger partial charge in [0.2, 0.25) is 0 Å². The Balaban J connectivity index is 2.35. The number of nitrogens with zero attached hydrogens (tertiary/aromatic N) is 5. The number of anilines is 1. The van der Waals surface area contributed by atoms with E-state index in [0.29, 0.717) is 10.2 Å². The number of nitrogen functional groups attached to an aromatic ring is 1. The van der Waals surface area contributed by atoms with Gasteiger partial charge >= 0.3 is 0 Å². The number of nitro groups is 1. The standard InChI is InChI=1S/C8H9N7O2S/c1-14-4-10-13-8(14)18-7-3-5(15(16)17)2-6(11-7)12-9/h2-4H,9H2,1H3,(H,11,12). The van der Waals surface area contributed by atoms with E-state index < -0.39 is 4.92 Å². The largest absolute Gasteiger partial charge is 0.311 e. The molecule has 0 fully saturated rings. The number of aryl methyl sites for hydroxylation is 1. The maximum Gasteiger partial charge on any atom is 0.275 e. The van der Waals surface area contributed by atoms with Crippen LogP contribution in [-0.2, 0) is 7.05 Å². The molecule has 18 heavy (non-hydrogen) atoms. The number of rotatable bonds is 4. The first kappa shape index (κ1) is 12.3. The number of aromatic nitrogens is 4. The summed E-state index contributed by atoms with van der Waals surface area (Å²) < 4.78 is 1.68. The lowest BCUT2D eigenvalue weighted by molar-refractivity contribution is -0.385. The molecule has 0 aliphatic carbocycles. The Labute approximate surface area is 106 Å². The van der Waals surface area contributed by atoms with Crippen LogP contribution in [0.2, 0.25) is 0 Å². The Kier molecular flexibility index (Phi) is 3.39. The van der Waals surface area contributed by atoms with Crippen LogP contribution < -0.4 is 11.3 Å². The summed E-state index contributed by atoms with van der Waals surface area (Å²) in [7, 11) is 1.77. The molecule has 0 aliphatic rings. The summed E-state index contributed by atoms with van der Waals surface area (Å²) in [5, 5.41) is 19.3. The molecule has 94 valence electrons. The van der Waals surface area contributed by atoms with Crippen LogP contribution in [0.5, 0.6) is 0 Å². The van der Waals surface area contributed by atoms with Crippen molar-refractivity contribution in [3.63, 3.8) is 0 Å². The second kappa shape index (κ2) is 4.98. The SMILES string of the molecule is Cn1cnnc1Sc1cc([N+](=O)[O-])cc(NN)n1. The summed E-state index contributed by atoms with van der Waals surface area (Å²) in [6.07, 6.45) is 1.53. The zero-order chi connectivity index (χ0) is 13.1. The van der Waals surface area contributed by atoms with Gasteiger partial charge in [0.25, 0.3) is 5.69 Å². The normalized spacial score (nSPS) is 10.3. The second-order valence-corrected chi connectivity index (χ2v) is 4.26. The molecule has 0 saturated heterocycles. The van der Waals surface area contributed by atoms with E-state index in [2.05, 4.69) is 20.6 Å². The zero-order valence-corrected chi connectivity index (χ0v) is 10.1. The Hall–Kier alpha value is -2.20. The third kappa shape index (κ3) is 2.55. The van der Waals surface area contributed by atoms with E-state index in [-0.39, 0.29) is 11.5 Å². The lowest BCUT2D eigenvalue weighted by atomic mass is 10.4. The molecule has 2 rings (SSSR count). The molecule has 0 spiro atoms. The van der Waals surface area contributed by atoms with Gasteiger partial charge in [0, 0.05) is 13.1 Å². The molecule has 9 nitrogen and oxygen atoms in total. The number of hydrazine groups is 1. The Morgan fingerprint density at radius 2 is 2.33 bits per heavy atom. The van der Waals surface area contributed by atoms with Crippen LogP contribution in [0.1, 0.15) is 0 Å². The smallest absolute Gasteiger partial charge is 0.275 e. The summed E-state index contributed by atoms with van der Waals surface area (Å²) in [4.78, 5) is 14.3. The number of nitrogens with one attached hydrogen (secondary N) is 1. The van der Waals surface area contributed by atoms with Crippen LogP contribution in [0, 0.1) is 10.1 Å².